The van der Waals surface area contributed by atoms with Crippen molar-refractivity contribution in [3.8, 4) is 0 Å². The van der Waals surface area contributed by atoms with Crippen LogP contribution in [0.15, 0.2) is 112 Å². The first-order valence-electron chi connectivity index (χ1n) is 14.1. The second-order valence-electron chi connectivity index (χ2n) is 10.3. The molecule has 0 radical (unpaired) electrons. The van der Waals surface area contributed by atoms with E-state index in [1.165, 1.54) is 16.3 Å². The summed E-state index contributed by atoms with van der Waals surface area (Å²) in [5.74, 6) is -0.828. The minimum atomic E-state index is -4.14. The highest BCUT2D eigenvalue weighted by Gasteiger charge is 2.34. The number of nitrogens with one attached hydrogen (secondary N) is 1. The Labute approximate surface area is 262 Å². The van der Waals surface area contributed by atoms with E-state index < -0.39 is 28.5 Å². The Kier molecular flexibility index (Phi) is 10.8. The lowest BCUT2D eigenvalue weighted by Crippen LogP contribution is -2.53. The SMILES string of the molecule is CCc1ccccc1N(CC(=O)N(Cc1ccc(Br)cc1)[C@@H](Cc1ccccc1)C(=O)NC)S(=O)(=O)c1ccc(C)cc1. The van der Waals surface area contributed by atoms with Gasteiger partial charge in [0.2, 0.25) is 11.8 Å². The van der Waals surface area contributed by atoms with Crippen molar-refractivity contribution in [2.45, 2.75) is 44.2 Å². The van der Waals surface area contributed by atoms with Crippen molar-refractivity contribution in [2.75, 3.05) is 17.9 Å². The van der Waals surface area contributed by atoms with Crippen LogP contribution < -0.4 is 9.62 Å². The van der Waals surface area contributed by atoms with Gasteiger partial charge in [-0.15, -0.1) is 0 Å². The first kappa shape index (κ1) is 32.0. The monoisotopic (exact) mass is 661 g/mol. The van der Waals surface area contributed by atoms with Crippen LogP contribution in [0.25, 0.3) is 0 Å². The maximum absolute atomic E-state index is 14.4. The highest BCUT2D eigenvalue weighted by molar-refractivity contribution is 9.10. The number of hydrogen-bond acceptors (Lipinski definition) is 4. The number of carbonyl (C=O) groups is 2. The summed E-state index contributed by atoms with van der Waals surface area (Å²) in [6.07, 6.45) is 0.834. The fourth-order valence-electron chi connectivity index (χ4n) is 4.91. The number of anilines is 1. The molecule has 0 saturated carbocycles. The molecule has 4 rings (SSSR count). The molecule has 0 aliphatic rings. The lowest BCUT2D eigenvalue weighted by molar-refractivity contribution is -0.139. The summed E-state index contributed by atoms with van der Waals surface area (Å²) in [5.41, 5.74) is 3.83. The first-order chi connectivity index (χ1) is 20.6. The zero-order chi connectivity index (χ0) is 31.0. The summed E-state index contributed by atoms with van der Waals surface area (Å²) in [6, 6.07) is 29.9. The third-order valence-corrected chi connectivity index (χ3v) is 9.62. The zero-order valence-corrected chi connectivity index (χ0v) is 26.9. The molecule has 0 bridgehead atoms. The van der Waals surface area contributed by atoms with Gasteiger partial charge in [-0.05, 0) is 60.4 Å². The molecule has 0 aliphatic carbocycles. The minimum absolute atomic E-state index is 0.0865. The molecule has 0 unspecified atom stereocenters. The fraction of sp³-hybridized carbons (Fsp3) is 0.235. The highest BCUT2D eigenvalue weighted by atomic mass is 79.9. The molecule has 0 spiro atoms. The lowest BCUT2D eigenvalue weighted by Gasteiger charge is -2.34. The number of amides is 2. The molecule has 0 heterocycles. The number of nitrogens with zero attached hydrogens (tertiary/aromatic N) is 2. The minimum Gasteiger partial charge on any atom is -0.357 e. The maximum Gasteiger partial charge on any atom is 0.264 e. The molecule has 0 aliphatic heterocycles. The third kappa shape index (κ3) is 7.91. The van der Waals surface area contributed by atoms with E-state index in [0.29, 0.717) is 12.1 Å². The van der Waals surface area contributed by atoms with Crippen LogP contribution in [0.2, 0.25) is 0 Å². The van der Waals surface area contributed by atoms with E-state index in [2.05, 4.69) is 21.2 Å². The molecule has 4 aromatic rings. The van der Waals surface area contributed by atoms with Crippen LogP contribution in [0.3, 0.4) is 0 Å². The molecule has 0 fully saturated rings. The number of likely N-dealkylation sites (N-methyl/N-ethyl adjacent to an activating group) is 1. The van der Waals surface area contributed by atoms with Gasteiger partial charge in [0.15, 0.2) is 0 Å². The van der Waals surface area contributed by atoms with E-state index >= 15 is 0 Å². The van der Waals surface area contributed by atoms with Crippen LogP contribution in [0.5, 0.6) is 0 Å². The first-order valence-corrected chi connectivity index (χ1v) is 16.3. The Hall–Kier alpha value is -3.95. The average molecular weight is 663 g/mol. The van der Waals surface area contributed by atoms with Gasteiger partial charge in [0, 0.05) is 24.5 Å². The van der Waals surface area contributed by atoms with Gasteiger partial charge in [-0.25, -0.2) is 8.42 Å². The topological polar surface area (TPSA) is 86.8 Å². The van der Waals surface area contributed by atoms with Crippen molar-refractivity contribution in [1.82, 2.24) is 10.2 Å². The van der Waals surface area contributed by atoms with Gasteiger partial charge >= 0.3 is 0 Å². The number of halogens is 1. The lowest BCUT2D eigenvalue weighted by atomic mass is 10.0. The van der Waals surface area contributed by atoms with Crippen LogP contribution in [0.1, 0.15) is 29.2 Å². The number of rotatable bonds is 12. The van der Waals surface area contributed by atoms with Crippen LogP contribution in [-0.4, -0.2) is 44.8 Å². The Morgan fingerprint density at radius 3 is 2.09 bits per heavy atom. The van der Waals surface area contributed by atoms with Crippen LogP contribution in [0.4, 0.5) is 5.69 Å². The smallest absolute Gasteiger partial charge is 0.264 e. The molecular formula is C34H36BrN3O4S. The quantitative estimate of drug-likeness (QED) is 0.205. The number of benzene rings is 4. The summed E-state index contributed by atoms with van der Waals surface area (Å²) >= 11 is 3.45. The van der Waals surface area contributed by atoms with E-state index in [1.54, 1.807) is 36.4 Å². The predicted octanol–water partition coefficient (Wildman–Crippen LogP) is 5.90. The van der Waals surface area contributed by atoms with E-state index in [1.807, 2.05) is 80.6 Å². The van der Waals surface area contributed by atoms with E-state index in [9.17, 15) is 18.0 Å². The molecule has 0 saturated heterocycles. The van der Waals surface area contributed by atoms with Crippen molar-refractivity contribution in [1.29, 1.82) is 0 Å². The van der Waals surface area contributed by atoms with Gasteiger partial charge in [0.1, 0.15) is 12.6 Å². The number of hydrogen-bond donors (Lipinski definition) is 1. The zero-order valence-electron chi connectivity index (χ0n) is 24.5. The second kappa shape index (κ2) is 14.5. The van der Waals surface area contributed by atoms with Gasteiger partial charge in [-0.3, -0.25) is 13.9 Å². The molecule has 43 heavy (non-hydrogen) atoms. The summed E-state index contributed by atoms with van der Waals surface area (Å²) in [5, 5.41) is 2.71. The van der Waals surface area contributed by atoms with Crippen molar-refractivity contribution in [3.63, 3.8) is 0 Å². The fourth-order valence-corrected chi connectivity index (χ4v) is 6.63. The van der Waals surface area contributed by atoms with Gasteiger partial charge < -0.3 is 10.2 Å². The number of sulfonamides is 1. The Morgan fingerprint density at radius 2 is 1.47 bits per heavy atom. The predicted molar refractivity (Wildman–Crippen MR) is 174 cm³/mol. The van der Waals surface area contributed by atoms with Crippen LogP contribution in [0, 0.1) is 6.92 Å². The van der Waals surface area contributed by atoms with Gasteiger partial charge in [0.25, 0.3) is 10.0 Å². The Bertz CT molecular complexity index is 1640. The van der Waals surface area contributed by atoms with E-state index in [4.69, 9.17) is 0 Å². The Morgan fingerprint density at radius 1 is 0.837 bits per heavy atom. The van der Waals surface area contributed by atoms with Gasteiger partial charge in [0.05, 0.1) is 10.6 Å². The highest BCUT2D eigenvalue weighted by Crippen LogP contribution is 2.29. The molecule has 4 aromatic carbocycles. The van der Waals surface area contributed by atoms with Crippen LogP contribution in [-0.2, 0) is 39.0 Å². The number of aryl methyl sites for hydroxylation is 2. The van der Waals surface area contributed by atoms with Crippen LogP contribution >= 0.6 is 15.9 Å². The summed E-state index contributed by atoms with van der Waals surface area (Å²) in [4.78, 5) is 29.4. The van der Waals surface area contributed by atoms with Gasteiger partial charge in [-0.2, -0.15) is 0 Å². The maximum atomic E-state index is 14.4. The van der Waals surface area contributed by atoms with Gasteiger partial charge in [-0.1, -0.05) is 101 Å². The van der Waals surface area contributed by atoms with Crippen molar-refractivity contribution in [3.05, 3.63) is 130 Å². The average Bonchev–Trinajstić information content (AvgIpc) is 3.02. The number of para-hydroxylation sites is 1. The largest absolute Gasteiger partial charge is 0.357 e. The normalized spacial score (nSPS) is 11.9. The summed E-state index contributed by atoms with van der Waals surface area (Å²) < 4.78 is 30.4. The van der Waals surface area contributed by atoms with Crippen molar-refractivity contribution in [2.24, 2.45) is 0 Å². The molecular weight excluding hydrogens is 626 g/mol. The van der Waals surface area contributed by atoms with Crippen molar-refractivity contribution < 1.29 is 18.0 Å². The molecule has 9 heteroatoms. The standard InChI is InChI=1S/C34H36BrN3O4S/c1-4-28-12-8-9-13-31(28)38(43(41,42)30-20-14-25(2)15-21-30)24-33(39)37(23-27-16-18-29(35)19-17-27)32(34(40)36-3)22-26-10-6-5-7-11-26/h5-21,32H,4,22-24H2,1-3H3,(H,36,40)/t32-/m0/s1. The molecule has 0 aromatic heterocycles. The molecule has 1 atom stereocenters. The van der Waals surface area contributed by atoms with E-state index in [-0.39, 0.29) is 23.8 Å². The molecule has 1 N–H and O–H groups in total. The van der Waals surface area contributed by atoms with Crippen molar-refractivity contribution >= 4 is 43.5 Å². The third-order valence-electron chi connectivity index (χ3n) is 7.31. The molecule has 224 valence electrons. The van der Waals surface area contributed by atoms with E-state index in [0.717, 1.165) is 26.7 Å². The Balaban J connectivity index is 1.81. The number of carbonyl (C=O) groups excluding carboxylic acids is 2. The second-order valence-corrected chi connectivity index (χ2v) is 13.1. The molecule has 2 amide bonds. The summed E-state index contributed by atoms with van der Waals surface area (Å²) in [7, 11) is -2.61. The molecule has 7 nitrogen and oxygen atoms in total. The summed E-state index contributed by atoms with van der Waals surface area (Å²) in [6.45, 7) is 3.46.